The van der Waals surface area contributed by atoms with Gasteiger partial charge in [0, 0.05) is 19.1 Å². The third kappa shape index (κ3) is 3.09. The standard InChI is InChI=1S/C11H16N2O3S2/c1-8-4-6-17-10(8)11(14)13-5-3-9(7-13)12-18(2,15)16/h4,6,9,12H,3,5,7H2,1-2H3. The molecule has 1 saturated heterocycles. The number of rotatable bonds is 3. The first-order chi connectivity index (χ1) is 8.37. The molecule has 18 heavy (non-hydrogen) atoms. The Hall–Kier alpha value is -0.920. The first kappa shape index (κ1) is 13.5. The first-order valence-electron chi connectivity index (χ1n) is 5.67. The lowest BCUT2D eigenvalue weighted by atomic mass is 10.3. The molecule has 0 spiro atoms. The largest absolute Gasteiger partial charge is 0.336 e. The molecule has 5 nitrogen and oxygen atoms in total. The zero-order valence-electron chi connectivity index (χ0n) is 10.3. The highest BCUT2D eigenvalue weighted by Crippen LogP contribution is 2.20. The van der Waals surface area contributed by atoms with Gasteiger partial charge in [0.05, 0.1) is 11.1 Å². The fourth-order valence-corrected chi connectivity index (χ4v) is 3.77. The Labute approximate surface area is 111 Å². The van der Waals surface area contributed by atoms with Crippen LogP contribution < -0.4 is 4.72 Å². The molecule has 0 radical (unpaired) electrons. The fraction of sp³-hybridized carbons (Fsp3) is 0.545. The van der Waals surface area contributed by atoms with Gasteiger partial charge in [0.15, 0.2) is 0 Å². The molecule has 1 fully saturated rings. The number of hydrogen-bond donors (Lipinski definition) is 1. The van der Waals surface area contributed by atoms with E-state index >= 15 is 0 Å². The van der Waals surface area contributed by atoms with Gasteiger partial charge in [-0.2, -0.15) is 0 Å². The smallest absolute Gasteiger partial charge is 0.264 e. The van der Waals surface area contributed by atoms with Gasteiger partial charge in [-0.1, -0.05) is 0 Å². The van der Waals surface area contributed by atoms with Crippen molar-refractivity contribution < 1.29 is 13.2 Å². The van der Waals surface area contributed by atoms with Crippen molar-refractivity contribution in [3.63, 3.8) is 0 Å². The van der Waals surface area contributed by atoms with Gasteiger partial charge >= 0.3 is 0 Å². The van der Waals surface area contributed by atoms with E-state index in [1.807, 2.05) is 18.4 Å². The predicted octanol–water partition coefficient (Wildman–Crippen LogP) is 0.820. The number of nitrogens with one attached hydrogen (secondary N) is 1. The second-order valence-electron chi connectivity index (χ2n) is 4.56. The Balaban J connectivity index is 2.01. The van der Waals surface area contributed by atoms with Gasteiger partial charge in [-0.15, -0.1) is 11.3 Å². The molecular formula is C11H16N2O3S2. The first-order valence-corrected chi connectivity index (χ1v) is 8.44. The number of carbonyl (C=O) groups is 1. The molecule has 0 aromatic carbocycles. The van der Waals surface area contributed by atoms with E-state index < -0.39 is 10.0 Å². The molecule has 2 rings (SSSR count). The molecule has 1 aliphatic heterocycles. The van der Waals surface area contributed by atoms with Crippen molar-refractivity contribution in [3.8, 4) is 0 Å². The van der Waals surface area contributed by atoms with Gasteiger partial charge in [0.2, 0.25) is 10.0 Å². The average Bonchev–Trinajstić information content (AvgIpc) is 2.84. The number of aryl methyl sites for hydroxylation is 1. The lowest BCUT2D eigenvalue weighted by molar-refractivity contribution is 0.0794. The zero-order valence-corrected chi connectivity index (χ0v) is 12.0. The summed E-state index contributed by atoms with van der Waals surface area (Å²) >= 11 is 1.43. The average molecular weight is 288 g/mol. The lowest BCUT2D eigenvalue weighted by Crippen LogP contribution is -2.37. The van der Waals surface area contributed by atoms with Crippen molar-refractivity contribution >= 4 is 27.3 Å². The number of nitrogens with zero attached hydrogens (tertiary/aromatic N) is 1. The van der Waals surface area contributed by atoms with Crippen LogP contribution in [-0.2, 0) is 10.0 Å². The van der Waals surface area contributed by atoms with E-state index in [9.17, 15) is 13.2 Å². The van der Waals surface area contributed by atoms with Crippen LogP contribution in [0.2, 0.25) is 0 Å². The summed E-state index contributed by atoms with van der Waals surface area (Å²) in [6, 6.07) is 1.75. The molecule has 1 aromatic rings. The van der Waals surface area contributed by atoms with Crippen LogP contribution in [0.1, 0.15) is 21.7 Å². The van der Waals surface area contributed by atoms with E-state index in [1.165, 1.54) is 11.3 Å². The summed E-state index contributed by atoms with van der Waals surface area (Å²) < 4.78 is 24.8. The quantitative estimate of drug-likeness (QED) is 0.895. The summed E-state index contributed by atoms with van der Waals surface area (Å²) in [5, 5.41) is 1.89. The highest BCUT2D eigenvalue weighted by atomic mass is 32.2. The van der Waals surface area contributed by atoms with Crippen molar-refractivity contribution in [2.75, 3.05) is 19.3 Å². The highest BCUT2D eigenvalue weighted by Gasteiger charge is 2.29. The van der Waals surface area contributed by atoms with Gasteiger partial charge in [-0.3, -0.25) is 4.79 Å². The van der Waals surface area contributed by atoms with Gasteiger partial charge in [-0.05, 0) is 30.4 Å². The summed E-state index contributed by atoms with van der Waals surface area (Å²) in [7, 11) is -3.20. The van der Waals surface area contributed by atoms with Crippen LogP contribution in [0.15, 0.2) is 11.4 Å². The van der Waals surface area contributed by atoms with Crippen LogP contribution in [0.5, 0.6) is 0 Å². The molecular weight excluding hydrogens is 272 g/mol. The van der Waals surface area contributed by atoms with E-state index in [1.54, 1.807) is 4.90 Å². The highest BCUT2D eigenvalue weighted by molar-refractivity contribution is 7.88. The molecule has 100 valence electrons. The fourth-order valence-electron chi connectivity index (χ4n) is 2.08. The summed E-state index contributed by atoms with van der Waals surface area (Å²) in [5.74, 6) is 0.000279. The summed E-state index contributed by atoms with van der Waals surface area (Å²) in [5.41, 5.74) is 0.976. The van der Waals surface area contributed by atoms with Crippen molar-refractivity contribution in [2.45, 2.75) is 19.4 Å². The van der Waals surface area contributed by atoms with Crippen LogP contribution in [0.4, 0.5) is 0 Å². The summed E-state index contributed by atoms with van der Waals surface area (Å²) in [6.07, 6.45) is 1.81. The molecule has 0 bridgehead atoms. The minimum atomic E-state index is -3.20. The Morgan fingerprint density at radius 1 is 1.56 bits per heavy atom. The number of amides is 1. The van der Waals surface area contributed by atoms with Crippen LogP contribution in [-0.4, -0.2) is 44.6 Å². The Morgan fingerprint density at radius 3 is 2.83 bits per heavy atom. The Bertz CT molecular complexity index is 550. The molecule has 1 unspecified atom stereocenters. The minimum absolute atomic E-state index is 0.000279. The number of sulfonamides is 1. The van der Waals surface area contributed by atoms with E-state index in [4.69, 9.17) is 0 Å². The van der Waals surface area contributed by atoms with Gasteiger partial charge in [-0.25, -0.2) is 13.1 Å². The lowest BCUT2D eigenvalue weighted by Gasteiger charge is -2.16. The summed E-state index contributed by atoms with van der Waals surface area (Å²) in [6.45, 7) is 2.96. The van der Waals surface area contributed by atoms with Crippen molar-refractivity contribution in [2.24, 2.45) is 0 Å². The van der Waals surface area contributed by atoms with Crippen molar-refractivity contribution in [1.82, 2.24) is 9.62 Å². The number of thiophene rings is 1. The maximum absolute atomic E-state index is 12.2. The molecule has 2 heterocycles. The Kier molecular flexibility index (Phi) is 3.74. The second kappa shape index (κ2) is 4.99. The van der Waals surface area contributed by atoms with Crippen molar-refractivity contribution in [1.29, 1.82) is 0 Å². The number of carbonyl (C=O) groups excluding carboxylic acids is 1. The maximum atomic E-state index is 12.2. The van der Waals surface area contributed by atoms with Crippen LogP contribution in [0, 0.1) is 6.92 Å². The normalized spacial score (nSPS) is 20.3. The summed E-state index contributed by atoms with van der Waals surface area (Å²) in [4.78, 5) is 14.7. The molecule has 7 heteroatoms. The van der Waals surface area contributed by atoms with Gasteiger partial charge in [0.25, 0.3) is 5.91 Å². The topological polar surface area (TPSA) is 66.5 Å². The number of likely N-dealkylation sites (tertiary alicyclic amines) is 1. The van der Waals surface area contributed by atoms with Crippen LogP contribution in [0.3, 0.4) is 0 Å². The van der Waals surface area contributed by atoms with Crippen LogP contribution in [0.25, 0.3) is 0 Å². The maximum Gasteiger partial charge on any atom is 0.264 e. The minimum Gasteiger partial charge on any atom is -0.336 e. The second-order valence-corrected chi connectivity index (χ2v) is 7.26. The van der Waals surface area contributed by atoms with E-state index in [0.717, 1.165) is 16.7 Å². The number of hydrogen-bond acceptors (Lipinski definition) is 4. The predicted molar refractivity (Wildman–Crippen MR) is 71.3 cm³/mol. The zero-order chi connectivity index (χ0) is 13.3. The Morgan fingerprint density at radius 2 is 2.28 bits per heavy atom. The molecule has 0 saturated carbocycles. The molecule has 0 aliphatic carbocycles. The van der Waals surface area contributed by atoms with E-state index in [0.29, 0.717) is 19.5 Å². The SMILES string of the molecule is Cc1ccsc1C(=O)N1CCC(NS(C)(=O)=O)C1. The van der Waals surface area contributed by atoms with E-state index in [-0.39, 0.29) is 11.9 Å². The molecule has 1 aliphatic rings. The third-order valence-corrected chi connectivity index (χ3v) is 4.68. The third-order valence-electron chi connectivity index (χ3n) is 2.91. The molecule has 1 amide bonds. The molecule has 1 atom stereocenters. The van der Waals surface area contributed by atoms with Crippen LogP contribution >= 0.6 is 11.3 Å². The van der Waals surface area contributed by atoms with Crippen molar-refractivity contribution in [3.05, 3.63) is 21.9 Å². The van der Waals surface area contributed by atoms with Gasteiger partial charge in [0.1, 0.15) is 0 Å². The monoisotopic (exact) mass is 288 g/mol. The van der Waals surface area contributed by atoms with Gasteiger partial charge < -0.3 is 4.90 Å². The molecule has 1 aromatic heterocycles. The molecule has 1 N–H and O–H groups in total. The van der Waals surface area contributed by atoms with E-state index in [2.05, 4.69) is 4.72 Å².